The van der Waals surface area contributed by atoms with Crippen LogP contribution in [0.15, 0.2) is 140 Å². The molecule has 3 saturated heterocycles. The van der Waals surface area contributed by atoms with Crippen LogP contribution in [-0.4, -0.2) is 155 Å². The van der Waals surface area contributed by atoms with E-state index in [0.29, 0.717) is 48.1 Å². The number of pyridine rings is 5. The average molecular weight is 1700 g/mol. The molecule has 3 fully saturated rings. The molecule has 33 heteroatoms. The second-order valence-corrected chi connectivity index (χ2v) is 27.7. The topological polar surface area (TPSA) is 264 Å². The Hall–Kier alpha value is -5.07. The van der Waals surface area contributed by atoms with Gasteiger partial charge in [0.1, 0.15) is 11.5 Å². The number of alkyl halides is 1. The van der Waals surface area contributed by atoms with Crippen molar-refractivity contribution in [2.45, 2.75) is 142 Å². The fourth-order valence-corrected chi connectivity index (χ4v) is 8.99. The molecule has 5 N–H and O–H groups in total. The first-order chi connectivity index (χ1) is 47.6. The minimum atomic E-state index is -1.02. The number of halogens is 12. The zero-order valence-electron chi connectivity index (χ0n) is 60.3. The molecule has 3 aliphatic rings. The summed E-state index contributed by atoms with van der Waals surface area (Å²) < 4.78 is 105. The summed E-state index contributed by atoms with van der Waals surface area (Å²) in [6, 6.07) is 19.1. The van der Waals surface area contributed by atoms with Crippen LogP contribution in [0.2, 0.25) is 20.6 Å². The first kappa shape index (κ1) is 99.9. The number of methoxy groups -OCH3 is 1. The van der Waals surface area contributed by atoms with Gasteiger partial charge in [-0.25, -0.2) is 51.5 Å². The smallest absolute Gasteiger partial charge is 1.00 e. The molecule has 19 nitrogen and oxygen atoms in total. The van der Waals surface area contributed by atoms with Gasteiger partial charge in [-0.3, -0.25) is 4.98 Å². The van der Waals surface area contributed by atoms with Crippen LogP contribution in [0.5, 0.6) is 0 Å². The van der Waals surface area contributed by atoms with Gasteiger partial charge >= 0.3 is 37.9 Å². The molecule has 0 spiro atoms. The van der Waals surface area contributed by atoms with E-state index in [1.165, 1.54) is 61.1 Å². The van der Waals surface area contributed by atoms with Crippen molar-refractivity contribution in [1.82, 2.24) is 24.9 Å². The Kier molecular flexibility index (Phi) is 45.5. The predicted octanol–water partition coefficient (Wildman–Crippen LogP) is 9.97. The Bertz CT molecular complexity index is 3820. The van der Waals surface area contributed by atoms with Gasteiger partial charge in [0.05, 0.1) is 72.7 Å². The number of aromatic carboxylic acids is 2. The molecule has 7 aromatic rings. The van der Waals surface area contributed by atoms with Crippen molar-refractivity contribution >= 4 is 103 Å². The molecule has 0 amide bonds. The maximum atomic E-state index is 14.4. The molecule has 5 aromatic heterocycles. The number of benzene rings is 2. The Morgan fingerprint density at radius 2 is 1.01 bits per heavy atom. The zero-order valence-corrected chi connectivity index (χ0v) is 67.3. The molecule has 572 valence electrons. The van der Waals surface area contributed by atoms with E-state index < -0.39 is 65.8 Å². The molecule has 0 bridgehead atoms. The van der Waals surface area contributed by atoms with E-state index in [-0.39, 0.29) is 125 Å². The van der Waals surface area contributed by atoms with Crippen molar-refractivity contribution in [3.63, 3.8) is 0 Å². The number of ether oxygens (including phenoxy) is 5. The van der Waals surface area contributed by atoms with Crippen molar-refractivity contribution in [3.05, 3.63) is 230 Å². The number of aliphatic hydroxyl groups excluding tert-OH is 3. The Labute approximate surface area is 666 Å². The summed E-state index contributed by atoms with van der Waals surface area (Å²) in [6.07, 6.45) is 11.8. The molecule has 8 heterocycles. The van der Waals surface area contributed by atoms with Gasteiger partial charge in [-0.05, 0) is 174 Å². The molecule has 105 heavy (non-hydrogen) atoms. The second-order valence-electron chi connectivity index (χ2n) is 24.8. The molecule has 3 aliphatic heterocycles. The number of rotatable bonds is 16. The van der Waals surface area contributed by atoms with Gasteiger partial charge in [0.2, 0.25) is 0 Å². The fourth-order valence-electron chi connectivity index (χ4n) is 8.27. The third-order valence-electron chi connectivity index (χ3n) is 14.5. The largest absolute Gasteiger partial charge is 1.00 e. The molecule has 0 unspecified atom stereocenters. The Morgan fingerprint density at radius 3 is 1.34 bits per heavy atom. The molecular formula is C72H86BBr2Cl5F5LiN5O14-. The number of nitrogens with zero attached hydrogens (tertiary/aromatic N) is 5. The van der Waals surface area contributed by atoms with Gasteiger partial charge in [-0.2, -0.15) is 0 Å². The summed E-state index contributed by atoms with van der Waals surface area (Å²) in [4.78, 5) is 40.3. The van der Waals surface area contributed by atoms with Gasteiger partial charge in [0.25, 0.3) is 0 Å². The summed E-state index contributed by atoms with van der Waals surface area (Å²) in [5.74, 6) is -5.68. The zero-order chi connectivity index (χ0) is 76.9. The number of hydrogen-bond acceptors (Lipinski definition) is 17. The number of allylic oxidation sites excluding steroid dienone is 2. The maximum absolute atomic E-state index is 14.4. The van der Waals surface area contributed by atoms with Crippen LogP contribution in [0, 0.1) is 36.5 Å². The summed E-state index contributed by atoms with van der Waals surface area (Å²) in [7, 11) is 1.13. The van der Waals surface area contributed by atoms with Crippen LogP contribution in [0.1, 0.15) is 112 Å². The van der Waals surface area contributed by atoms with Gasteiger partial charge in [0, 0.05) is 72.7 Å². The van der Waals surface area contributed by atoms with Crippen molar-refractivity contribution in [1.29, 1.82) is 0 Å². The second kappa shape index (κ2) is 47.8. The van der Waals surface area contributed by atoms with Crippen LogP contribution in [0.4, 0.5) is 22.0 Å². The van der Waals surface area contributed by atoms with E-state index in [0.717, 1.165) is 27.5 Å². The minimum Gasteiger partial charge on any atom is -1.00 e. The number of aliphatic hydroxyl groups is 3. The first-order valence-corrected chi connectivity index (χ1v) is 34.5. The van der Waals surface area contributed by atoms with Gasteiger partial charge in [-0.1, -0.05) is 98.8 Å². The normalized spacial score (nSPS) is 16.1. The van der Waals surface area contributed by atoms with Gasteiger partial charge < -0.3 is 78.4 Å². The summed E-state index contributed by atoms with van der Waals surface area (Å²) in [6.45, 7) is 26.6. The predicted molar refractivity (Wildman–Crippen MR) is 397 cm³/mol. The van der Waals surface area contributed by atoms with Crippen molar-refractivity contribution in [2.75, 3.05) is 38.9 Å². The number of hydrogen-bond donors (Lipinski definition) is 5. The first-order valence-electron chi connectivity index (χ1n) is 31.0. The van der Waals surface area contributed by atoms with E-state index in [9.17, 15) is 31.5 Å². The van der Waals surface area contributed by atoms with E-state index in [2.05, 4.69) is 69.9 Å². The maximum Gasteiger partial charge on any atom is 1.00 e. The molecule has 0 saturated carbocycles. The molecule has 0 aliphatic carbocycles. The number of carboxylic acids is 2. The average Bonchev–Trinajstić information content (AvgIpc) is 1.65. The van der Waals surface area contributed by atoms with E-state index in [4.69, 9.17) is 105 Å². The van der Waals surface area contributed by atoms with Crippen molar-refractivity contribution in [2.24, 2.45) is 0 Å². The minimum absolute atomic E-state index is 0. The van der Waals surface area contributed by atoms with Crippen LogP contribution < -0.4 is 36.7 Å². The van der Waals surface area contributed by atoms with Crippen molar-refractivity contribution in [3.8, 4) is 11.3 Å². The molecular weight excluding hydrogens is 1610 g/mol. The third-order valence-corrected chi connectivity index (χ3v) is 16.5. The molecule has 2 aromatic carbocycles. The van der Waals surface area contributed by atoms with E-state index in [1.54, 1.807) is 68.1 Å². The van der Waals surface area contributed by atoms with Crippen LogP contribution in [0.25, 0.3) is 11.3 Å². The summed E-state index contributed by atoms with van der Waals surface area (Å²) >= 11 is 27.7. The summed E-state index contributed by atoms with van der Waals surface area (Å²) in [5, 5.41) is 44.2. The molecule has 0 radical (unpaired) electrons. The van der Waals surface area contributed by atoms with Crippen molar-refractivity contribution < 1.29 is 121 Å². The quantitative estimate of drug-likeness (QED) is 0.0150. The Morgan fingerprint density at radius 1 is 0.638 bits per heavy atom. The fraction of sp³-hybridized carbons (Fsp3) is 0.389. The molecule has 10 rings (SSSR count). The summed E-state index contributed by atoms with van der Waals surface area (Å²) in [5.41, 5.74) is 3.60. The molecule has 3 atom stereocenters. The monoisotopic (exact) mass is 1690 g/mol. The number of carboxylic acid groups (broad SMARTS) is 2. The third kappa shape index (κ3) is 35.9. The standard InChI is InChI=1S/C18H18FNO4.C13H17BO4.C11H13ClFNO2.C8H9ClFNO2.C8H7ClFN.C5H2BrClFN.C5H12O2.C3H5Br.CH3.ClH.Li/c1-18(2)23-10-14(24-18)7-11-8-15(19)16(20-9-11)12-3-5-13(6-4-12)17(21)22;1-12(2)13(3,4)18-14(17-12)10-7-5-9(6-8-10)11(15)16;1-11(2)15-6-8(16-11)3-7-4-9(13)10(12)14-5-7;9-8-7(10)2-5(3-11-8)1-6(13)4-12;1-2-3-6-4-7(10)8(9)11-5-6;6-3-1-4(8)5(7)9-2-3;1-5(2,4-6)7-3;1-2-3-4;;;/h3-6,8-9,14H,7,10H2,1-2H3,(H,21,22);5-8H,1-4H3,(H,15,16);4-5,8H,3,6H2,1-2H3;2-3,6,12-13H,1,4H2;2,4-5H,1,3H2;1-2H;6H,4H2,1-3H3;2H,1,3H2;1H3;1H;/q;;;;;;;;-1;;+1/p-1/t14-;;8-;6-;;;;;;;/m1.11......./s1. The number of aromatic nitrogens is 5. The van der Waals surface area contributed by atoms with Crippen LogP contribution in [0.3, 0.4) is 0 Å². The number of carbonyl (C=O) groups is 2. The Balaban J connectivity index is 0.00000122. The van der Waals surface area contributed by atoms with E-state index >= 15 is 0 Å². The SMILES string of the molecule is C=CCBr.C=CCc1cnc(Cl)c(F)c1.CC1(C)OB(c2ccc(C(=O)O)cc2)OC1(C)C.CC1(C)OC[C@@H](Cc2cnc(-c3ccc(C(=O)O)cc3)c(F)c2)O1.CC1(C)OC[C@@H](Cc2cnc(Cl)c(F)c2)O1.COC(C)(C)CO.Fc1cc(Br)cnc1Cl.OC[C@H](O)Cc1cnc(Cl)c(F)c1.[CH3-].[Cl-].[Li+]. The van der Waals surface area contributed by atoms with Gasteiger partial charge in [-0.15, -0.1) is 13.2 Å². The van der Waals surface area contributed by atoms with Crippen LogP contribution in [-0.2, 0) is 58.7 Å². The van der Waals surface area contributed by atoms with E-state index in [1.807, 2.05) is 69.2 Å². The van der Waals surface area contributed by atoms with Crippen LogP contribution >= 0.6 is 78.3 Å². The van der Waals surface area contributed by atoms with Gasteiger partial charge in [0.15, 0.2) is 55.5 Å².